The Hall–Kier alpha value is -2.47. The molecule has 1 aliphatic rings. The van der Waals surface area contributed by atoms with E-state index in [0.717, 1.165) is 16.5 Å². The van der Waals surface area contributed by atoms with Crippen molar-refractivity contribution in [3.05, 3.63) is 42.1 Å². The second kappa shape index (κ2) is 5.49. The Morgan fingerprint density at radius 2 is 2.19 bits per heavy atom. The topological polar surface area (TPSA) is 82.5 Å². The summed E-state index contributed by atoms with van der Waals surface area (Å²) in [7, 11) is 0. The van der Waals surface area contributed by atoms with Crippen molar-refractivity contribution in [3.8, 4) is 0 Å². The summed E-state index contributed by atoms with van der Waals surface area (Å²) < 4.78 is 0. The summed E-state index contributed by atoms with van der Waals surface area (Å²) in [4.78, 5) is 28.9. The van der Waals surface area contributed by atoms with Gasteiger partial charge in [-0.3, -0.25) is 19.5 Å². The van der Waals surface area contributed by atoms with Gasteiger partial charge in [0.05, 0.1) is 12.1 Å². The van der Waals surface area contributed by atoms with Crippen molar-refractivity contribution in [3.63, 3.8) is 0 Å². The van der Waals surface area contributed by atoms with Gasteiger partial charge in [0.25, 0.3) is 0 Å². The van der Waals surface area contributed by atoms with E-state index in [0.29, 0.717) is 6.54 Å². The van der Waals surface area contributed by atoms with Crippen LogP contribution in [-0.4, -0.2) is 46.0 Å². The van der Waals surface area contributed by atoms with Gasteiger partial charge in [-0.15, -0.1) is 0 Å². The number of aromatic nitrogens is 1. The van der Waals surface area contributed by atoms with E-state index in [1.807, 2.05) is 30.3 Å². The van der Waals surface area contributed by atoms with Crippen LogP contribution in [0.1, 0.15) is 5.56 Å². The highest BCUT2D eigenvalue weighted by Crippen LogP contribution is 2.19. The minimum atomic E-state index is -0.928. The summed E-state index contributed by atoms with van der Waals surface area (Å²) in [6.45, 7) is 0.602. The maximum Gasteiger partial charge on any atom is 0.322 e. The average Bonchev–Trinajstić information content (AvgIpc) is 2.47. The van der Waals surface area contributed by atoms with Crippen molar-refractivity contribution in [2.24, 2.45) is 0 Å². The molecular weight excluding hydrogens is 270 g/mol. The second-order valence-electron chi connectivity index (χ2n) is 5.06. The number of nitrogens with zero attached hydrogens (tertiary/aromatic N) is 2. The van der Waals surface area contributed by atoms with Crippen LogP contribution in [0.15, 0.2) is 36.5 Å². The second-order valence-corrected chi connectivity index (χ2v) is 5.06. The van der Waals surface area contributed by atoms with Crippen LogP contribution in [0, 0.1) is 0 Å². The smallest absolute Gasteiger partial charge is 0.322 e. The molecule has 1 unspecified atom stereocenters. The number of piperazine rings is 1. The number of amides is 1. The lowest BCUT2D eigenvalue weighted by molar-refractivity contribution is -0.146. The van der Waals surface area contributed by atoms with E-state index in [-0.39, 0.29) is 19.0 Å². The van der Waals surface area contributed by atoms with Crippen LogP contribution in [0.3, 0.4) is 0 Å². The molecule has 0 bridgehead atoms. The van der Waals surface area contributed by atoms with Crippen molar-refractivity contribution in [2.75, 3.05) is 13.1 Å². The van der Waals surface area contributed by atoms with Gasteiger partial charge in [-0.1, -0.05) is 24.3 Å². The fraction of sp³-hybridized carbons (Fsp3) is 0.267. The van der Waals surface area contributed by atoms with Gasteiger partial charge in [0.15, 0.2) is 0 Å². The van der Waals surface area contributed by atoms with E-state index in [1.54, 1.807) is 11.1 Å². The summed E-state index contributed by atoms with van der Waals surface area (Å²) in [6.07, 6.45) is 1.71. The molecule has 6 heteroatoms. The van der Waals surface area contributed by atoms with Crippen LogP contribution in [0.5, 0.6) is 0 Å². The first-order valence-electron chi connectivity index (χ1n) is 6.71. The van der Waals surface area contributed by atoms with Gasteiger partial charge >= 0.3 is 5.97 Å². The molecule has 0 spiro atoms. The maximum atomic E-state index is 11.5. The molecule has 2 aromatic rings. The zero-order valence-electron chi connectivity index (χ0n) is 11.3. The molecule has 2 N–H and O–H groups in total. The Balaban J connectivity index is 1.92. The maximum absolute atomic E-state index is 11.5. The summed E-state index contributed by atoms with van der Waals surface area (Å²) >= 11 is 0. The predicted molar refractivity (Wildman–Crippen MR) is 76.6 cm³/mol. The third-order valence-electron chi connectivity index (χ3n) is 3.65. The molecule has 3 rings (SSSR count). The quantitative estimate of drug-likeness (QED) is 0.864. The minimum Gasteiger partial charge on any atom is -0.480 e. The number of hydrogen-bond acceptors (Lipinski definition) is 4. The lowest BCUT2D eigenvalue weighted by Gasteiger charge is -2.32. The van der Waals surface area contributed by atoms with Crippen molar-refractivity contribution in [1.82, 2.24) is 15.2 Å². The number of benzene rings is 1. The van der Waals surface area contributed by atoms with Crippen molar-refractivity contribution >= 4 is 22.8 Å². The summed E-state index contributed by atoms with van der Waals surface area (Å²) in [5, 5.41) is 12.9. The van der Waals surface area contributed by atoms with Crippen molar-refractivity contribution < 1.29 is 14.7 Å². The van der Waals surface area contributed by atoms with E-state index in [2.05, 4.69) is 10.3 Å². The standard InChI is InChI=1S/C15H15N3O3/c19-13-9-18(12(7-17-13)15(20)21)8-11-4-1-3-10-5-2-6-16-14(10)11/h1-6,12H,7-9H2,(H,17,19)(H,20,21). The van der Waals surface area contributed by atoms with Gasteiger partial charge in [0.2, 0.25) is 5.91 Å². The van der Waals surface area contributed by atoms with E-state index in [9.17, 15) is 14.7 Å². The Labute approximate surface area is 121 Å². The number of carboxylic acids is 1. The Morgan fingerprint density at radius 1 is 1.38 bits per heavy atom. The monoisotopic (exact) mass is 285 g/mol. The molecule has 0 radical (unpaired) electrons. The molecule has 6 nitrogen and oxygen atoms in total. The number of hydrogen-bond donors (Lipinski definition) is 2. The number of para-hydroxylation sites is 1. The molecule has 1 amide bonds. The number of carbonyl (C=O) groups is 2. The molecule has 1 saturated heterocycles. The van der Waals surface area contributed by atoms with E-state index in [4.69, 9.17) is 0 Å². The fourth-order valence-electron chi connectivity index (χ4n) is 2.61. The highest BCUT2D eigenvalue weighted by atomic mass is 16.4. The average molecular weight is 285 g/mol. The highest BCUT2D eigenvalue weighted by Gasteiger charge is 2.32. The van der Waals surface area contributed by atoms with Gasteiger partial charge in [-0.25, -0.2) is 0 Å². The Morgan fingerprint density at radius 3 is 3.00 bits per heavy atom. The first kappa shape index (κ1) is 13.5. The summed E-state index contributed by atoms with van der Waals surface area (Å²) in [6, 6.07) is 8.91. The number of rotatable bonds is 3. The number of carboxylic acid groups (broad SMARTS) is 1. The van der Waals surface area contributed by atoms with Gasteiger partial charge < -0.3 is 10.4 Å². The molecule has 1 fully saturated rings. The van der Waals surface area contributed by atoms with Crippen molar-refractivity contribution in [2.45, 2.75) is 12.6 Å². The first-order valence-corrected chi connectivity index (χ1v) is 6.71. The summed E-state index contributed by atoms with van der Waals surface area (Å²) in [5.41, 5.74) is 1.77. The normalized spacial score (nSPS) is 19.4. The van der Waals surface area contributed by atoms with Crippen molar-refractivity contribution in [1.29, 1.82) is 0 Å². The van der Waals surface area contributed by atoms with Gasteiger partial charge in [0, 0.05) is 24.7 Å². The molecule has 1 aliphatic heterocycles. The molecule has 1 aromatic carbocycles. The van der Waals surface area contributed by atoms with Crippen LogP contribution in [0.25, 0.3) is 10.9 Å². The lowest BCUT2D eigenvalue weighted by atomic mass is 10.1. The van der Waals surface area contributed by atoms with Crippen LogP contribution in [0.4, 0.5) is 0 Å². The number of carbonyl (C=O) groups excluding carboxylic acids is 1. The Bertz CT molecular complexity index is 696. The number of aliphatic carboxylic acids is 1. The van der Waals surface area contributed by atoms with Crippen LogP contribution < -0.4 is 5.32 Å². The fourth-order valence-corrected chi connectivity index (χ4v) is 2.61. The van der Waals surface area contributed by atoms with Gasteiger partial charge in [-0.2, -0.15) is 0 Å². The Kier molecular flexibility index (Phi) is 3.53. The van der Waals surface area contributed by atoms with Crippen LogP contribution in [-0.2, 0) is 16.1 Å². The molecule has 1 atom stereocenters. The number of nitrogens with one attached hydrogen (secondary N) is 1. The zero-order valence-corrected chi connectivity index (χ0v) is 11.3. The first-order chi connectivity index (χ1) is 10.1. The SMILES string of the molecule is O=C1CN(Cc2cccc3cccnc23)C(C(=O)O)CN1. The predicted octanol–water partition coefficient (Wildman–Crippen LogP) is 0.620. The zero-order chi connectivity index (χ0) is 14.8. The molecule has 0 saturated carbocycles. The highest BCUT2D eigenvalue weighted by molar-refractivity contribution is 5.84. The molecule has 108 valence electrons. The van der Waals surface area contributed by atoms with Crippen LogP contribution in [0.2, 0.25) is 0 Å². The van der Waals surface area contributed by atoms with Gasteiger partial charge in [-0.05, 0) is 11.6 Å². The molecule has 2 heterocycles. The molecule has 1 aromatic heterocycles. The molecule has 21 heavy (non-hydrogen) atoms. The number of fused-ring (bicyclic) bond motifs is 1. The molecule has 0 aliphatic carbocycles. The minimum absolute atomic E-state index is 0.0835. The third kappa shape index (κ3) is 2.71. The van der Waals surface area contributed by atoms with Gasteiger partial charge in [0.1, 0.15) is 6.04 Å². The third-order valence-corrected chi connectivity index (χ3v) is 3.65. The van der Waals surface area contributed by atoms with E-state index < -0.39 is 12.0 Å². The lowest BCUT2D eigenvalue weighted by Crippen LogP contribution is -2.56. The largest absolute Gasteiger partial charge is 0.480 e. The van der Waals surface area contributed by atoms with E-state index in [1.165, 1.54) is 0 Å². The van der Waals surface area contributed by atoms with E-state index >= 15 is 0 Å². The molecular formula is C15H15N3O3. The number of pyridine rings is 1. The van der Waals surface area contributed by atoms with Crippen LogP contribution >= 0.6 is 0 Å². The summed E-state index contributed by atoms with van der Waals surface area (Å²) in [5.74, 6) is -1.08.